The van der Waals surface area contributed by atoms with Gasteiger partial charge in [-0.3, -0.25) is 9.20 Å². The van der Waals surface area contributed by atoms with Crippen molar-refractivity contribution in [1.82, 2.24) is 19.6 Å². The summed E-state index contributed by atoms with van der Waals surface area (Å²) in [5, 5.41) is 4.99. The van der Waals surface area contributed by atoms with Gasteiger partial charge in [-0.15, -0.1) is 11.3 Å². The zero-order valence-electron chi connectivity index (χ0n) is 16.9. The molecule has 2 aromatic rings. The first-order chi connectivity index (χ1) is 13.2. The van der Waals surface area contributed by atoms with Gasteiger partial charge in [0.2, 0.25) is 0 Å². The van der Waals surface area contributed by atoms with Gasteiger partial charge in [-0.2, -0.15) is 0 Å². The van der Waals surface area contributed by atoms with Crippen LogP contribution < -0.4 is 5.32 Å². The number of ether oxygens (including phenoxy) is 1. The average Bonchev–Trinajstić information content (AvgIpc) is 3.30. The van der Waals surface area contributed by atoms with Gasteiger partial charge >= 0.3 is 6.09 Å². The Kier molecular flexibility index (Phi) is 4.85. The van der Waals surface area contributed by atoms with Crippen LogP contribution in [0, 0.1) is 18.8 Å². The minimum absolute atomic E-state index is 0.0162. The standard InChI is InChI=1S/C20H28N4O3S/c1-12-16(23-8-9-28-18(23)22-12)17(25)21-10-15-14-7-5-6-13(14)11-24(15)19(26)27-20(2,3)4/h8-9,13-15H,5-7,10-11H2,1-4H3,(H,21,25)/t13-,14-,15+/m0/s1. The predicted molar refractivity (Wildman–Crippen MR) is 108 cm³/mol. The van der Waals surface area contributed by atoms with E-state index >= 15 is 0 Å². The number of hydrogen-bond acceptors (Lipinski definition) is 5. The van der Waals surface area contributed by atoms with Gasteiger partial charge in [0.25, 0.3) is 5.91 Å². The molecule has 2 amide bonds. The molecule has 2 aromatic heterocycles. The first-order valence-corrected chi connectivity index (χ1v) is 10.8. The molecule has 3 heterocycles. The van der Waals surface area contributed by atoms with Crippen molar-refractivity contribution in [3.8, 4) is 0 Å². The Bertz CT molecular complexity index is 897. The third-order valence-corrected chi connectivity index (χ3v) is 6.55. The Balaban J connectivity index is 1.49. The minimum Gasteiger partial charge on any atom is -0.444 e. The van der Waals surface area contributed by atoms with Crippen LogP contribution in [0.25, 0.3) is 4.96 Å². The summed E-state index contributed by atoms with van der Waals surface area (Å²) in [6.07, 6.45) is 5.03. The number of aryl methyl sites for hydroxylation is 1. The van der Waals surface area contributed by atoms with E-state index < -0.39 is 5.60 Å². The summed E-state index contributed by atoms with van der Waals surface area (Å²) in [6.45, 7) is 8.66. The van der Waals surface area contributed by atoms with Crippen LogP contribution in [0.4, 0.5) is 4.79 Å². The molecule has 1 saturated carbocycles. The molecule has 0 aromatic carbocycles. The highest BCUT2D eigenvalue weighted by Crippen LogP contribution is 2.42. The molecule has 152 valence electrons. The molecular formula is C20H28N4O3S. The quantitative estimate of drug-likeness (QED) is 0.850. The topological polar surface area (TPSA) is 75.9 Å². The van der Waals surface area contributed by atoms with Crippen molar-refractivity contribution in [3.63, 3.8) is 0 Å². The molecule has 4 rings (SSSR count). The zero-order valence-corrected chi connectivity index (χ0v) is 17.7. The Hall–Kier alpha value is -2.09. The molecule has 7 nitrogen and oxygen atoms in total. The fraction of sp³-hybridized carbons (Fsp3) is 0.650. The van der Waals surface area contributed by atoms with Crippen molar-refractivity contribution < 1.29 is 14.3 Å². The van der Waals surface area contributed by atoms with Gasteiger partial charge in [-0.05, 0) is 52.4 Å². The number of hydrogen-bond donors (Lipinski definition) is 1. The normalized spacial score (nSPS) is 24.6. The number of fused-ring (bicyclic) bond motifs is 2. The van der Waals surface area contributed by atoms with Crippen LogP contribution in [0.1, 0.15) is 56.2 Å². The van der Waals surface area contributed by atoms with Gasteiger partial charge in [0, 0.05) is 24.7 Å². The lowest BCUT2D eigenvalue weighted by Crippen LogP contribution is -2.47. The second-order valence-electron chi connectivity index (χ2n) is 8.87. The molecule has 0 spiro atoms. The molecule has 1 N–H and O–H groups in total. The Morgan fingerprint density at radius 3 is 2.89 bits per heavy atom. The SMILES string of the molecule is Cc1nc2sccn2c1C(=O)NC[C@@H]1[C@H]2CCC[C@H]2CN1C(=O)OC(C)(C)C. The predicted octanol–water partition coefficient (Wildman–Crippen LogP) is 3.47. The fourth-order valence-electron chi connectivity index (χ4n) is 4.66. The van der Waals surface area contributed by atoms with Gasteiger partial charge < -0.3 is 15.0 Å². The lowest BCUT2D eigenvalue weighted by Gasteiger charge is -2.30. The van der Waals surface area contributed by atoms with Gasteiger partial charge in [0.1, 0.15) is 11.3 Å². The summed E-state index contributed by atoms with van der Waals surface area (Å²) >= 11 is 1.51. The number of carbonyl (C=O) groups is 2. The average molecular weight is 405 g/mol. The van der Waals surface area contributed by atoms with E-state index in [-0.39, 0.29) is 18.0 Å². The van der Waals surface area contributed by atoms with Crippen molar-refractivity contribution in [2.45, 2.75) is 58.6 Å². The van der Waals surface area contributed by atoms with Crippen LogP contribution in [0.2, 0.25) is 0 Å². The maximum absolute atomic E-state index is 12.9. The highest BCUT2D eigenvalue weighted by Gasteiger charge is 2.47. The summed E-state index contributed by atoms with van der Waals surface area (Å²) in [7, 11) is 0. The molecule has 2 aliphatic rings. The monoisotopic (exact) mass is 404 g/mol. The molecule has 1 aliphatic heterocycles. The van der Waals surface area contributed by atoms with Gasteiger partial charge in [-0.25, -0.2) is 9.78 Å². The van der Waals surface area contributed by atoms with Crippen LogP contribution in [-0.4, -0.2) is 51.0 Å². The van der Waals surface area contributed by atoms with Crippen LogP contribution in [-0.2, 0) is 4.74 Å². The summed E-state index contributed by atoms with van der Waals surface area (Å²) in [6, 6.07) is -0.0162. The fourth-order valence-corrected chi connectivity index (χ4v) is 5.42. The molecule has 0 radical (unpaired) electrons. The van der Waals surface area contributed by atoms with E-state index in [1.165, 1.54) is 17.8 Å². The summed E-state index contributed by atoms with van der Waals surface area (Å²) in [5.41, 5.74) is 0.765. The number of imidazole rings is 1. The molecule has 1 saturated heterocycles. The summed E-state index contributed by atoms with van der Waals surface area (Å²) in [5.74, 6) is 0.796. The molecule has 0 bridgehead atoms. The van der Waals surface area contributed by atoms with Crippen molar-refractivity contribution in [1.29, 1.82) is 0 Å². The van der Waals surface area contributed by atoms with E-state index in [2.05, 4.69) is 10.3 Å². The first-order valence-electron chi connectivity index (χ1n) is 9.94. The van der Waals surface area contributed by atoms with E-state index in [4.69, 9.17) is 4.74 Å². The van der Waals surface area contributed by atoms with Crippen molar-refractivity contribution in [2.24, 2.45) is 11.8 Å². The number of nitrogens with zero attached hydrogens (tertiary/aromatic N) is 3. The largest absolute Gasteiger partial charge is 0.444 e. The van der Waals surface area contributed by atoms with Crippen LogP contribution in [0.5, 0.6) is 0 Å². The third-order valence-electron chi connectivity index (χ3n) is 5.79. The Labute approximate surface area is 169 Å². The molecule has 2 fully saturated rings. The number of rotatable bonds is 3. The number of aromatic nitrogens is 2. The van der Waals surface area contributed by atoms with Crippen molar-refractivity contribution >= 4 is 28.3 Å². The molecule has 28 heavy (non-hydrogen) atoms. The zero-order chi connectivity index (χ0) is 20.1. The number of carbonyl (C=O) groups excluding carboxylic acids is 2. The van der Waals surface area contributed by atoms with E-state index in [1.807, 2.05) is 48.6 Å². The summed E-state index contributed by atoms with van der Waals surface area (Å²) < 4.78 is 7.45. The van der Waals surface area contributed by atoms with Crippen LogP contribution >= 0.6 is 11.3 Å². The second-order valence-corrected chi connectivity index (χ2v) is 9.74. The van der Waals surface area contributed by atoms with E-state index in [9.17, 15) is 9.59 Å². The molecule has 3 atom stereocenters. The lowest BCUT2D eigenvalue weighted by molar-refractivity contribution is 0.0200. The van der Waals surface area contributed by atoms with Crippen LogP contribution in [0.15, 0.2) is 11.6 Å². The minimum atomic E-state index is -0.526. The number of thiazole rings is 1. The van der Waals surface area contributed by atoms with Crippen molar-refractivity contribution in [2.75, 3.05) is 13.1 Å². The third kappa shape index (κ3) is 3.50. The highest BCUT2D eigenvalue weighted by atomic mass is 32.1. The highest BCUT2D eigenvalue weighted by molar-refractivity contribution is 7.15. The molecule has 1 aliphatic carbocycles. The maximum Gasteiger partial charge on any atom is 0.410 e. The van der Waals surface area contributed by atoms with E-state index in [0.717, 1.165) is 30.0 Å². The molecule has 8 heteroatoms. The smallest absolute Gasteiger partial charge is 0.410 e. The van der Waals surface area contributed by atoms with Crippen LogP contribution in [0.3, 0.4) is 0 Å². The Morgan fingerprint density at radius 1 is 1.36 bits per heavy atom. The van der Waals surface area contributed by atoms with Gasteiger partial charge in [0.15, 0.2) is 4.96 Å². The molecular weight excluding hydrogens is 376 g/mol. The number of likely N-dealkylation sites (tertiary alicyclic amines) is 1. The first kappa shape index (κ1) is 19.2. The number of amides is 2. The lowest BCUT2D eigenvalue weighted by atomic mass is 9.94. The van der Waals surface area contributed by atoms with Crippen molar-refractivity contribution in [3.05, 3.63) is 23.0 Å². The molecule has 0 unspecified atom stereocenters. The second kappa shape index (κ2) is 7.06. The van der Waals surface area contributed by atoms with E-state index in [1.54, 1.807) is 0 Å². The van der Waals surface area contributed by atoms with Gasteiger partial charge in [0.05, 0.1) is 11.7 Å². The number of nitrogens with one attached hydrogen (secondary N) is 1. The van der Waals surface area contributed by atoms with E-state index in [0.29, 0.717) is 24.1 Å². The summed E-state index contributed by atoms with van der Waals surface area (Å²) in [4.78, 5) is 32.7. The Morgan fingerprint density at radius 2 is 2.14 bits per heavy atom. The maximum atomic E-state index is 12.9. The van der Waals surface area contributed by atoms with Gasteiger partial charge in [-0.1, -0.05) is 6.42 Å².